The molecule has 2 unspecified atom stereocenters. The lowest BCUT2D eigenvalue weighted by Gasteiger charge is -2.14. The topological polar surface area (TPSA) is 155 Å². The Bertz CT molecular complexity index is 1190. The van der Waals surface area contributed by atoms with Crippen LogP contribution in [0.5, 0.6) is 5.88 Å². The monoisotopic (exact) mass is 620 g/mol. The smallest absolute Gasteiger partial charge is 0.339 e. The summed E-state index contributed by atoms with van der Waals surface area (Å²) in [7, 11) is -1.75. The fourth-order valence-corrected chi connectivity index (χ4v) is 6.26. The first-order valence-electron chi connectivity index (χ1n) is 12.0. The van der Waals surface area contributed by atoms with Crippen molar-refractivity contribution in [3.8, 4) is 5.88 Å². The van der Waals surface area contributed by atoms with Crippen LogP contribution in [0.4, 0.5) is 10.7 Å². The number of carbonyl (C=O) groups excluding carboxylic acids is 2. The van der Waals surface area contributed by atoms with Crippen LogP contribution in [0.3, 0.4) is 0 Å². The number of hydrogen-bond donors (Lipinski definition) is 3. The number of rotatable bonds is 17. The number of nitrogens with one attached hydrogen (secondary N) is 2. The Morgan fingerprint density at radius 2 is 1.82 bits per heavy atom. The van der Waals surface area contributed by atoms with Crippen molar-refractivity contribution in [3.63, 3.8) is 0 Å². The molecule has 0 bridgehead atoms. The Kier molecular flexibility index (Phi) is 14.8. The van der Waals surface area contributed by atoms with Gasteiger partial charge in [-0.25, -0.2) is 27.7 Å². The van der Waals surface area contributed by atoms with Gasteiger partial charge in [0.05, 0.1) is 37.1 Å². The number of unbranched alkanes of at least 4 members (excludes halogenated alkanes) is 2. The molecule has 12 nitrogen and oxygen atoms in total. The van der Waals surface area contributed by atoms with Crippen molar-refractivity contribution < 1.29 is 36.4 Å². The van der Waals surface area contributed by atoms with Crippen molar-refractivity contribution in [2.24, 2.45) is 0 Å². The van der Waals surface area contributed by atoms with Crippen LogP contribution in [-0.2, 0) is 23.7 Å². The molecule has 1 aromatic carbocycles. The molecule has 2 amide bonds. The normalized spacial score (nSPS) is 12.3. The second-order valence-corrected chi connectivity index (χ2v) is 12.9. The quantitative estimate of drug-likeness (QED) is 0.0749. The van der Waals surface area contributed by atoms with E-state index in [4.69, 9.17) is 13.7 Å². The molecule has 1 heterocycles. The van der Waals surface area contributed by atoms with Crippen molar-refractivity contribution in [3.05, 3.63) is 41.6 Å². The van der Waals surface area contributed by atoms with Crippen LogP contribution < -0.4 is 14.8 Å². The Morgan fingerprint density at radius 3 is 2.54 bits per heavy atom. The van der Waals surface area contributed by atoms with E-state index in [0.717, 1.165) is 39.4 Å². The molecule has 16 heteroatoms. The number of ether oxygens (including phenoxy) is 3. The highest BCUT2D eigenvalue weighted by Crippen LogP contribution is 2.47. The molecule has 0 saturated carbocycles. The van der Waals surface area contributed by atoms with Gasteiger partial charge < -0.3 is 18.4 Å². The molecule has 0 aliphatic carbocycles. The van der Waals surface area contributed by atoms with E-state index in [1.165, 1.54) is 43.0 Å². The predicted octanol–water partition coefficient (Wildman–Crippen LogP) is 4.57. The summed E-state index contributed by atoms with van der Waals surface area (Å²) in [5, 5.41) is 2.28. The fourth-order valence-electron chi connectivity index (χ4n) is 2.92. The van der Waals surface area contributed by atoms with Gasteiger partial charge in [-0.3, -0.25) is 5.32 Å². The van der Waals surface area contributed by atoms with Crippen LogP contribution >= 0.6 is 32.1 Å². The van der Waals surface area contributed by atoms with E-state index in [-0.39, 0.29) is 30.2 Å². The molecule has 0 fully saturated rings. The van der Waals surface area contributed by atoms with Gasteiger partial charge in [0.25, 0.3) is 10.0 Å². The summed E-state index contributed by atoms with van der Waals surface area (Å²) in [6.45, 7) is 4.20. The fraction of sp³-hybridized carbons (Fsp3) is 0.478. The maximum atomic E-state index is 12.8. The van der Waals surface area contributed by atoms with E-state index >= 15 is 0 Å². The highest BCUT2D eigenvalue weighted by atomic mass is 32.7. The number of benzene rings is 1. The Hall–Kier alpha value is -2.16. The first kappa shape index (κ1) is 33.0. The van der Waals surface area contributed by atoms with Gasteiger partial charge in [-0.1, -0.05) is 25.5 Å². The van der Waals surface area contributed by atoms with E-state index < -0.39 is 26.9 Å². The number of nitrogens with zero attached hydrogens (tertiary/aromatic N) is 2. The van der Waals surface area contributed by atoms with Crippen molar-refractivity contribution >= 4 is 60.0 Å². The lowest BCUT2D eigenvalue weighted by atomic mass is 10.2. The summed E-state index contributed by atoms with van der Waals surface area (Å²) in [5.74, 6) is -0.917. The Labute approximate surface area is 239 Å². The molecule has 0 aliphatic rings. The molecular weight excluding hydrogens is 587 g/mol. The molecule has 39 heavy (non-hydrogen) atoms. The van der Waals surface area contributed by atoms with Gasteiger partial charge in [-0.05, 0) is 39.2 Å². The zero-order chi connectivity index (χ0) is 28.7. The van der Waals surface area contributed by atoms with Gasteiger partial charge >= 0.3 is 12.0 Å². The largest absolute Gasteiger partial charge is 0.481 e. The Balaban J connectivity index is 1.94. The van der Waals surface area contributed by atoms with Gasteiger partial charge in [0, 0.05) is 30.9 Å². The van der Waals surface area contributed by atoms with Crippen LogP contribution in [0.15, 0.2) is 35.2 Å². The van der Waals surface area contributed by atoms with Crippen LogP contribution in [0.1, 0.15) is 53.6 Å². The molecule has 0 radical (unpaired) electrons. The van der Waals surface area contributed by atoms with E-state index in [0.29, 0.717) is 18.9 Å². The first-order chi connectivity index (χ1) is 18.7. The van der Waals surface area contributed by atoms with Crippen molar-refractivity contribution in [1.82, 2.24) is 14.7 Å². The SMILES string of the molecule is CCCCOCCCCOSPC(S)c1cc(OC)nc(NC(=O)NS(=O)(=O)c2ccccc2C(=O)OC)n1. The number of esters is 1. The third-order valence-corrected chi connectivity index (χ3v) is 9.69. The molecule has 216 valence electrons. The third-order valence-electron chi connectivity index (χ3n) is 4.87. The highest BCUT2D eigenvalue weighted by molar-refractivity contribution is 8.48. The van der Waals surface area contributed by atoms with Gasteiger partial charge in [-0.15, -0.1) is 0 Å². The second-order valence-electron chi connectivity index (χ2n) is 7.80. The standard InChI is InChI=1S/C23H33N4O8PS3/c1-4-5-12-34-13-8-9-14-35-38-36-21(37)17-15-19(32-2)25-22(24-17)26-23(29)27-39(30,31)18-11-7-6-10-16(18)20(28)33-3/h6-7,10-11,15,21,36-37H,4-5,8-9,12-14H2,1-3H3,(H2,24,25,26,27,29). The number of thiol groups is 1. The van der Waals surface area contributed by atoms with Gasteiger partial charge in [0.15, 0.2) is 0 Å². The molecule has 2 atom stereocenters. The van der Waals surface area contributed by atoms with Crippen molar-refractivity contribution in [2.45, 2.75) is 42.5 Å². The van der Waals surface area contributed by atoms with Crippen LogP contribution in [0, 0.1) is 0 Å². The number of methoxy groups -OCH3 is 2. The molecule has 2 N–H and O–H groups in total. The summed E-state index contributed by atoms with van der Waals surface area (Å²) in [6.07, 6.45) is 3.97. The Morgan fingerprint density at radius 1 is 1.10 bits per heavy atom. The molecule has 0 aliphatic heterocycles. The number of amides is 2. The zero-order valence-corrected chi connectivity index (χ0v) is 25.4. The summed E-state index contributed by atoms with van der Waals surface area (Å²) in [4.78, 5) is 32.0. The molecule has 0 saturated heterocycles. The minimum absolute atomic E-state index is 0.145. The third kappa shape index (κ3) is 11.5. The number of aromatic nitrogens is 2. The van der Waals surface area contributed by atoms with Gasteiger partial charge in [0.2, 0.25) is 11.8 Å². The summed E-state index contributed by atoms with van der Waals surface area (Å²) < 4.78 is 48.3. The predicted molar refractivity (Wildman–Crippen MR) is 154 cm³/mol. The first-order valence-corrected chi connectivity index (χ1v) is 16.5. The summed E-state index contributed by atoms with van der Waals surface area (Å²) >= 11 is 5.83. The highest BCUT2D eigenvalue weighted by Gasteiger charge is 2.25. The van der Waals surface area contributed by atoms with Crippen molar-refractivity contribution in [1.29, 1.82) is 0 Å². The van der Waals surface area contributed by atoms with Gasteiger partial charge in [-0.2, -0.15) is 17.6 Å². The minimum atomic E-state index is -4.43. The van der Waals surface area contributed by atoms with E-state index in [1.807, 2.05) is 4.72 Å². The number of sulfonamides is 1. The van der Waals surface area contributed by atoms with Gasteiger partial charge in [0.1, 0.15) is 4.90 Å². The molecule has 0 spiro atoms. The molecule has 1 aromatic heterocycles. The summed E-state index contributed by atoms with van der Waals surface area (Å²) in [6, 6.07) is 5.76. The van der Waals surface area contributed by atoms with Crippen molar-refractivity contribution in [2.75, 3.05) is 39.4 Å². The molecule has 2 rings (SSSR count). The minimum Gasteiger partial charge on any atom is -0.481 e. The number of carbonyl (C=O) groups is 2. The number of anilines is 1. The lowest BCUT2D eigenvalue weighted by molar-refractivity contribution is 0.0596. The van der Waals surface area contributed by atoms with E-state index in [2.05, 4.69) is 39.6 Å². The maximum Gasteiger partial charge on any atom is 0.339 e. The second kappa shape index (κ2) is 17.5. The average Bonchev–Trinajstić information content (AvgIpc) is 2.92. The summed E-state index contributed by atoms with van der Waals surface area (Å²) in [5.41, 5.74) is 0.220. The number of hydrogen-bond acceptors (Lipinski definition) is 12. The molecular formula is C23H33N4O8PS3. The van der Waals surface area contributed by atoms with Crippen LogP contribution in [0.2, 0.25) is 0 Å². The van der Waals surface area contributed by atoms with E-state index in [1.54, 1.807) is 6.07 Å². The maximum absolute atomic E-state index is 12.8. The van der Waals surface area contributed by atoms with E-state index in [9.17, 15) is 18.0 Å². The number of urea groups is 1. The molecule has 2 aromatic rings. The lowest BCUT2D eigenvalue weighted by Crippen LogP contribution is -2.35. The van der Waals surface area contributed by atoms with Crippen LogP contribution in [0.25, 0.3) is 0 Å². The average molecular weight is 621 g/mol. The zero-order valence-electron chi connectivity index (χ0n) is 21.8. The van der Waals surface area contributed by atoms with Crippen LogP contribution in [-0.4, -0.2) is 64.4 Å².